The molecule has 4 heteroatoms. The molecule has 0 N–H and O–H groups in total. The summed E-state index contributed by atoms with van der Waals surface area (Å²) in [5.41, 5.74) is 0. The summed E-state index contributed by atoms with van der Waals surface area (Å²) in [6, 6.07) is 0. The van der Waals surface area contributed by atoms with Crippen molar-refractivity contribution in [3.63, 3.8) is 0 Å². The molecule has 1 aliphatic heterocycles. The first-order chi connectivity index (χ1) is 5.79. The van der Waals surface area contributed by atoms with Gasteiger partial charge < -0.3 is 4.90 Å². The molecule has 2 heterocycles. The van der Waals surface area contributed by atoms with Crippen LogP contribution in [0.3, 0.4) is 0 Å². The van der Waals surface area contributed by atoms with Crippen LogP contribution in [0, 0.1) is 5.92 Å². The molecule has 0 aliphatic carbocycles. The zero-order chi connectivity index (χ0) is 8.55. The summed E-state index contributed by atoms with van der Waals surface area (Å²) in [5, 5.41) is 1.10. The van der Waals surface area contributed by atoms with E-state index < -0.39 is 0 Å². The number of hydrogen-bond donors (Lipinski definition) is 0. The molecule has 1 aromatic heterocycles. The van der Waals surface area contributed by atoms with Crippen LogP contribution in [0.4, 0.5) is 5.13 Å². The van der Waals surface area contributed by atoms with Gasteiger partial charge in [0.15, 0.2) is 0 Å². The number of rotatable bonds is 2. The minimum absolute atomic E-state index is 0.832. The van der Waals surface area contributed by atoms with Gasteiger partial charge in [-0.25, -0.2) is 4.98 Å². The average Bonchev–Trinajstić information content (AvgIpc) is 2.46. The number of aryl methyl sites for hydroxylation is 1. The molecule has 0 atom stereocenters. The maximum Gasteiger partial charge on any atom is 0.205 e. The first-order valence-corrected chi connectivity index (χ1v) is 5.14. The molecule has 0 radical (unpaired) electrons. The third-order valence-electron chi connectivity index (χ3n) is 2.11. The van der Waals surface area contributed by atoms with Crippen molar-refractivity contribution >= 4 is 16.7 Å². The second-order valence-corrected chi connectivity index (χ2v) is 4.09. The minimum atomic E-state index is 0.832. The van der Waals surface area contributed by atoms with Crippen LogP contribution in [0.5, 0.6) is 0 Å². The lowest BCUT2D eigenvalue weighted by molar-refractivity contribution is 0.446. The van der Waals surface area contributed by atoms with E-state index in [0.717, 1.165) is 36.4 Å². The summed E-state index contributed by atoms with van der Waals surface area (Å²) in [7, 11) is 0. The Bertz CT molecular complexity index is 265. The molecule has 1 saturated heterocycles. The molecule has 0 bridgehead atoms. The molecular formula is C8H13N3S. The summed E-state index contributed by atoms with van der Waals surface area (Å²) in [5.74, 6) is 1.81. The SMILES string of the molecule is CCc1nsc(N2CC(C)C2)n1. The van der Waals surface area contributed by atoms with Gasteiger partial charge in [-0.3, -0.25) is 0 Å². The van der Waals surface area contributed by atoms with Crippen LogP contribution >= 0.6 is 11.5 Å². The largest absolute Gasteiger partial charge is 0.346 e. The van der Waals surface area contributed by atoms with E-state index in [4.69, 9.17) is 0 Å². The lowest BCUT2D eigenvalue weighted by Gasteiger charge is -2.36. The van der Waals surface area contributed by atoms with Crippen molar-refractivity contribution in [2.45, 2.75) is 20.3 Å². The van der Waals surface area contributed by atoms with Crippen molar-refractivity contribution in [3.05, 3.63) is 5.82 Å². The van der Waals surface area contributed by atoms with E-state index in [-0.39, 0.29) is 0 Å². The van der Waals surface area contributed by atoms with Crippen LogP contribution in [0.1, 0.15) is 19.7 Å². The lowest BCUT2D eigenvalue weighted by atomic mass is 10.0. The van der Waals surface area contributed by atoms with Gasteiger partial charge in [0.05, 0.1) is 0 Å². The fraction of sp³-hybridized carbons (Fsp3) is 0.750. The molecule has 0 aromatic carbocycles. The maximum absolute atomic E-state index is 4.42. The first kappa shape index (κ1) is 7.98. The van der Waals surface area contributed by atoms with Crippen molar-refractivity contribution in [2.24, 2.45) is 5.92 Å². The predicted octanol–water partition coefficient (Wildman–Crippen LogP) is 1.56. The highest BCUT2D eigenvalue weighted by Gasteiger charge is 2.25. The quantitative estimate of drug-likeness (QED) is 0.696. The normalized spacial score (nSPS) is 18.0. The van der Waals surface area contributed by atoms with Gasteiger partial charge in [0.1, 0.15) is 5.82 Å². The number of nitrogens with zero attached hydrogens (tertiary/aromatic N) is 3. The van der Waals surface area contributed by atoms with E-state index in [1.54, 1.807) is 0 Å². The van der Waals surface area contributed by atoms with Crippen molar-refractivity contribution < 1.29 is 0 Å². The molecule has 2 rings (SSSR count). The Labute approximate surface area is 76.6 Å². The molecule has 66 valence electrons. The standard InChI is InChI=1S/C8H13N3S/c1-3-7-9-8(12-10-7)11-4-6(2)5-11/h6H,3-5H2,1-2H3. The van der Waals surface area contributed by atoms with Gasteiger partial charge in [0, 0.05) is 31.0 Å². The number of anilines is 1. The fourth-order valence-corrected chi connectivity index (χ4v) is 2.14. The number of aromatic nitrogens is 2. The molecule has 0 spiro atoms. The summed E-state index contributed by atoms with van der Waals surface area (Å²) < 4.78 is 4.25. The second-order valence-electron chi connectivity index (χ2n) is 3.36. The molecule has 0 saturated carbocycles. The zero-order valence-corrected chi connectivity index (χ0v) is 8.27. The van der Waals surface area contributed by atoms with Crippen molar-refractivity contribution in [1.29, 1.82) is 0 Å². The summed E-state index contributed by atoms with van der Waals surface area (Å²) in [4.78, 5) is 6.71. The highest BCUT2D eigenvalue weighted by Crippen LogP contribution is 2.25. The van der Waals surface area contributed by atoms with Crippen LogP contribution in [-0.4, -0.2) is 22.4 Å². The van der Waals surface area contributed by atoms with Crippen molar-refractivity contribution in [1.82, 2.24) is 9.36 Å². The van der Waals surface area contributed by atoms with Crippen molar-refractivity contribution in [3.8, 4) is 0 Å². The predicted molar refractivity (Wildman–Crippen MR) is 50.7 cm³/mol. The molecule has 12 heavy (non-hydrogen) atoms. The molecule has 0 unspecified atom stereocenters. The van der Waals surface area contributed by atoms with Gasteiger partial charge in [-0.05, 0) is 5.92 Å². The third-order valence-corrected chi connectivity index (χ3v) is 2.92. The van der Waals surface area contributed by atoms with E-state index >= 15 is 0 Å². The van der Waals surface area contributed by atoms with Gasteiger partial charge >= 0.3 is 0 Å². The Kier molecular flexibility index (Phi) is 2.00. The smallest absolute Gasteiger partial charge is 0.205 e. The Hall–Kier alpha value is -0.640. The fourth-order valence-electron chi connectivity index (χ4n) is 1.37. The van der Waals surface area contributed by atoms with Gasteiger partial charge in [-0.15, -0.1) is 0 Å². The zero-order valence-electron chi connectivity index (χ0n) is 7.45. The molecular weight excluding hydrogens is 170 g/mol. The van der Waals surface area contributed by atoms with Crippen LogP contribution in [0.2, 0.25) is 0 Å². The Morgan fingerprint density at radius 3 is 2.83 bits per heavy atom. The van der Waals surface area contributed by atoms with Gasteiger partial charge in [-0.1, -0.05) is 13.8 Å². The maximum atomic E-state index is 4.42. The Morgan fingerprint density at radius 1 is 1.58 bits per heavy atom. The van der Waals surface area contributed by atoms with E-state index in [2.05, 4.69) is 28.1 Å². The van der Waals surface area contributed by atoms with Crippen LogP contribution in [0.25, 0.3) is 0 Å². The summed E-state index contributed by atoms with van der Waals surface area (Å²) in [6.45, 7) is 6.65. The minimum Gasteiger partial charge on any atom is -0.346 e. The third kappa shape index (κ3) is 1.31. The van der Waals surface area contributed by atoms with E-state index in [1.807, 2.05) is 0 Å². The summed E-state index contributed by atoms with van der Waals surface area (Å²) >= 11 is 1.52. The monoisotopic (exact) mass is 183 g/mol. The lowest BCUT2D eigenvalue weighted by Crippen LogP contribution is -2.45. The van der Waals surface area contributed by atoms with Gasteiger partial charge in [0.2, 0.25) is 5.13 Å². The van der Waals surface area contributed by atoms with E-state index in [1.165, 1.54) is 11.5 Å². The van der Waals surface area contributed by atoms with Crippen LogP contribution < -0.4 is 4.90 Å². The van der Waals surface area contributed by atoms with Gasteiger partial charge in [-0.2, -0.15) is 4.37 Å². The first-order valence-electron chi connectivity index (χ1n) is 4.37. The Balaban J connectivity index is 2.04. The molecule has 1 aromatic rings. The van der Waals surface area contributed by atoms with Crippen LogP contribution in [-0.2, 0) is 6.42 Å². The van der Waals surface area contributed by atoms with E-state index in [0.29, 0.717) is 0 Å². The second kappa shape index (κ2) is 3.01. The molecule has 1 aliphatic rings. The van der Waals surface area contributed by atoms with E-state index in [9.17, 15) is 0 Å². The Morgan fingerprint density at radius 2 is 2.33 bits per heavy atom. The highest BCUT2D eigenvalue weighted by atomic mass is 32.1. The molecule has 0 amide bonds. The molecule has 1 fully saturated rings. The number of hydrogen-bond acceptors (Lipinski definition) is 4. The van der Waals surface area contributed by atoms with Gasteiger partial charge in [0.25, 0.3) is 0 Å². The average molecular weight is 183 g/mol. The molecule has 3 nitrogen and oxygen atoms in total. The highest BCUT2D eigenvalue weighted by molar-refractivity contribution is 7.09. The topological polar surface area (TPSA) is 29.0 Å². The van der Waals surface area contributed by atoms with Crippen LogP contribution in [0.15, 0.2) is 0 Å². The summed E-state index contributed by atoms with van der Waals surface area (Å²) in [6.07, 6.45) is 0.944. The van der Waals surface area contributed by atoms with Crippen molar-refractivity contribution in [2.75, 3.05) is 18.0 Å².